The lowest BCUT2D eigenvalue weighted by Gasteiger charge is -2.15. The summed E-state index contributed by atoms with van der Waals surface area (Å²) in [6.45, 7) is 0. The van der Waals surface area contributed by atoms with Crippen LogP contribution in [0.15, 0.2) is 60.7 Å². The van der Waals surface area contributed by atoms with E-state index in [1.807, 2.05) is 0 Å². The second-order valence-corrected chi connectivity index (χ2v) is 6.54. The van der Waals surface area contributed by atoms with Crippen LogP contribution in [0.25, 0.3) is 44.5 Å². The third-order valence-electron chi connectivity index (χ3n) is 5.40. The van der Waals surface area contributed by atoms with E-state index in [2.05, 4.69) is 72.8 Å². The van der Waals surface area contributed by atoms with E-state index < -0.39 is 0 Å². The summed E-state index contributed by atoms with van der Waals surface area (Å²) in [4.78, 5) is 0. The van der Waals surface area contributed by atoms with E-state index in [1.54, 1.807) is 0 Å². The maximum atomic E-state index is 2.34. The average Bonchev–Trinajstić information content (AvgIpc) is 3.00. The highest BCUT2D eigenvalue weighted by Gasteiger charge is 2.17. The highest BCUT2D eigenvalue weighted by Crippen LogP contribution is 2.38. The summed E-state index contributed by atoms with van der Waals surface area (Å²) < 4.78 is 0. The molecule has 0 saturated heterocycles. The Kier molecular flexibility index (Phi) is 1.98. The highest BCUT2D eigenvalue weighted by atomic mass is 14.2. The Morgan fingerprint density at radius 3 is 2.52 bits per heavy atom. The normalized spacial score (nSPS) is 14.4. The second-order valence-electron chi connectivity index (χ2n) is 6.54. The van der Waals surface area contributed by atoms with Gasteiger partial charge in [-0.1, -0.05) is 66.8 Å². The Hall–Kier alpha value is -2.86. The van der Waals surface area contributed by atoms with Crippen molar-refractivity contribution in [3.8, 4) is 0 Å². The molecule has 0 bridgehead atoms. The van der Waals surface area contributed by atoms with Crippen LogP contribution in [-0.4, -0.2) is 0 Å². The number of benzene rings is 4. The molecule has 23 heavy (non-hydrogen) atoms. The molecule has 0 aliphatic heterocycles. The minimum absolute atomic E-state index is 1.03. The van der Waals surface area contributed by atoms with Crippen molar-refractivity contribution in [3.63, 3.8) is 0 Å². The lowest BCUT2D eigenvalue weighted by atomic mass is 9.89. The molecule has 0 nitrogen and oxygen atoms in total. The minimum atomic E-state index is 1.03. The summed E-state index contributed by atoms with van der Waals surface area (Å²) in [7, 11) is 0. The molecule has 0 unspecified atom stereocenters. The van der Waals surface area contributed by atoms with Crippen molar-refractivity contribution in [1.82, 2.24) is 0 Å². The van der Waals surface area contributed by atoms with Crippen LogP contribution >= 0.6 is 0 Å². The molecule has 4 aromatic carbocycles. The first kappa shape index (κ1) is 11.7. The first-order chi connectivity index (χ1) is 11.4. The monoisotopic (exact) mass is 290 g/mol. The van der Waals surface area contributed by atoms with Crippen molar-refractivity contribution >= 4 is 44.5 Å². The van der Waals surface area contributed by atoms with Crippen molar-refractivity contribution in [2.75, 3.05) is 0 Å². The Balaban J connectivity index is 2.06. The van der Waals surface area contributed by atoms with E-state index in [1.165, 1.54) is 53.9 Å². The third-order valence-corrected chi connectivity index (χ3v) is 5.40. The molecule has 0 spiro atoms. The van der Waals surface area contributed by atoms with Crippen LogP contribution < -0.4 is 10.4 Å². The molecule has 0 radical (unpaired) electrons. The molecular formula is C23H14. The summed E-state index contributed by atoms with van der Waals surface area (Å²) >= 11 is 0. The largest absolute Gasteiger partial charge is 0.0801 e. The Morgan fingerprint density at radius 1 is 0.652 bits per heavy atom. The van der Waals surface area contributed by atoms with Crippen LogP contribution in [0, 0.1) is 0 Å². The molecule has 0 heterocycles. The number of hydrogen-bond acceptors (Lipinski definition) is 0. The quantitative estimate of drug-likeness (QED) is 0.375. The van der Waals surface area contributed by atoms with Gasteiger partial charge in [0, 0.05) is 0 Å². The predicted molar refractivity (Wildman–Crippen MR) is 99.1 cm³/mol. The topological polar surface area (TPSA) is 0 Å². The Bertz CT molecular complexity index is 1320. The van der Waals surface area contributed by atoms with Gasteiger partial charge in [-0.2, -0.15) is 0 Å². The second kappa shape index (κ2) is 3.91. The molecule has 0 saturated carbocycles. The van der Waals surface area contributed by atoms with Crippen LogP contribution in [-0.2, 0) is 6.42 Å². The molecule has 106 valence electrons. The summed E-state index contributed by atoms with van der Waals surface area (Å²) in [5, 5.41) is 11.2. The van der Waals surface area contributed by atoms with E-state index in [0.717, 1.165) is 6.42 Å². The zero-order valence-electron chi connectivity index (χ0n) is 12.6. The molecule has 2 aliphatic carbocycles. The number of allylic oxidation sites excluding steroid dienone is 2. The van der Waals surface area contributed by atoms with Gasteiger partial charge in [0.05, 0.1) is 0 Å². The van der Waals surface area contributed by atoms with Crippen LogP contribution in [0.1, 0.15) is 11.1 Å². The summed E-state index contributed by atoms with van der Waals surface area (Å²) in [6, 6.07) is 18.1. The van der Waals surface area contributed by atoms with Crippen LogP contribution in [0.5, 0.6) is 0 Å². The number of rotatable bonds is 0. The average molecular weight is 290 g/mol. The first-order valence-corrected chi connectivity index (χ1v) is 8.19. The van der Waals surface area contributed by atoms with Gasteiger partial charge in [-0.05, 0) is 66.4 Å². The smallest absolute Gasteiger partial charge is 0.00200 e. The Morgan fingerprint density at radius 2 is 1.52 bits per heavy atom. The van der Waals surface area contributed by atoms with Crippen molar-refractivity contribution in [2.45, 2.75) is 6.42 Å². The van der Waals surface area contributed by atoms with Crippen LogP contribution in [0.3, 0.4) is 0 Å². The van der Waals surface area contributed by atoms with Crippen LogP contribution in [0.2, 0.25) is 0 Å². The van der Waals surface area contributed by atoms with Gasteiger partial charge in [-0.15, -0.1) is 0 Å². The molecule has 0 fully saturated rings. The zero-order chi connectivity index (χ0) is 15.0. The fourth-order valence-electron chi connectivity index (χ4n) is 4.47. The van der Waals surface area contributed by atoms with Crippen LogP contribution in [0.4, 0.5) is 0 Å². The Labute approximate surface area is 133 Å². The summed E-state index contributed by atoms with van der Waals surface area (Å²) in [5.41, 5.74) is 2.83. The zero-order valence-corrected chi connectivity index (χ0v) is 12.6. The van der Waals surface area contributed by atoms with E-state index in [-0.39, 0.29) is 0 Å². The van der Waals surface area contributed by atoms with Crippen molar-refractivity contribution < 1.29 is 0 Å². The van der Waals surface area contributed by atoms with Gasteiger partial charge in [0.15, 0.2) is 0 Å². The molecular weight excluding hydrogens is 276 g/mol. The number of fused-ring (bicyclic) bond motifs is 5. The van der Waals surface area contributed by atoms with Gasteiger partial charge in [-0.3, -0.25) is 0 Å². The summed E-state index contributed by atoms with van der Waals surface area (Å²) in [6.07, 6.45) is 10.0. The predicted octanol–water partition coefficient (Wildman–Crippen LogP) is 4.18. The third kappa shape index (κ3) is 1.33. The molecule has 0 N–H and O–H groups in total. The first-order valence-electron chi connectivity index (χ1n) is 8.19. The molecule has 4 aromatic rings. The fraction of sp³-hybridized carbons (Fsp3) is 0.0435. The lowest BCUT2D eigenvalue weighted by Crippen LogP contribution is -2.11. The van der Waals surface area contributed by atoms with E-state index in [4.69, 9.17) is 0 Å². The van der Waals surface area contributed by atoms with Gasteiger partial charge < -0.3 is 0 Å². The molecule has 0 amide bonds. The van der Waals surface area contributed by atoms with Gasteiger partial charge >= 0.3 is 0 Å². The molecule has 6 rings (SSSR count). The van der Waals surface area contributed by atoms with Crippen molar-refractivity contribution in [3.05, 3.63) is 82.2 Å². The number of hydrogen-bond donors (Lipinski definition) is 0. The minimum Gasteiger partial charge on any atom is -0.0801 e. The van der Waals surface area contributed by atoms with Gasteiger partial charge in [0.2, 0.25) is 0 Å². The molecule has 0 heteroatoms. The standard InChI is InChI=1S/C23H14/c1-2-8-17-14(5-1)11-12-19-18-9-3-6-15-13-16-7-4-10-20(23(17)19)22(16)21(15)18/h1-7,9-13H,8H2. The summed E-state index contributed by atoms with van der Waals surface area (Å²) in [5.74, 6) is 0. The highest BCUT2D eigenvalue weighted by molar-refractivity contribution is 6.29. The maximum absolute atomic E-state index is 2.34. The molecule has 0 atom stereocenters. The SMILES string of the molecule is C1=CCc2c(ccc3c4cccc5c4c4c(cccc4c23)=C5)=C1. The fourth-order valence-corrected chi connectivity index (χ4v) is 4.47. The van der Waals surface area contributed by atoms with Crippen molar-refractivity contribution in [1.29, 1.82) is 0 Å². The molecule has 2 aliphatic rings. The maximum Gasteiger partial charge on any atom is -0.00200 e. The van der Waals surface area contributed by atoms with Gasteiger partial charge in [0.1, 0.15) is 0 Å². The van der Waals surface area contributed by atoms with E-state index >= 15 is 0 Å². The van der Waals surface area contributed by atoms with E-state index in [9.17, 15) is 0 Å². The molecule has 0 aromatic heterocycles. The van der Waals surface area contributed by atoms with Gasteiger partial charge in [0.25, 0.3) is 0 Å². The lowest BCUT2D eigenvalue weighted by molar-refractivity contribution is 1.26. The van der Waals surface area contributed by atoms with E-state index in [0.29, 0.717) is 0 Å². The van der Waals surface area contributed by atoms with Gasteiger partial charge in [-0.25, -0.2) is 0 Å². The van der Waals surface area contributed by atoms with Crippen molar-refractivity contribution in [2.24, 2.45) is 0 Å².